The molecule has 0 aliphatic heterocycles. The lowest BCUT2D eigenvalue weighted by atomic mass is 9.97. The van der Waals surface area contributed by atoms with Gasteiger partial charge in [-0.25, -0.2) is 0 Å². The Bertz CT molecular complexity index is 667. The summed E-state index contributed by atoms with van der Waals surface area (Å²) in [7, 11) is 0. The number of hydrogen-bond donors (Lipinski definition) is 2. The molecular weight excluding hydrogens is 292 g/mol. The monoisotopic (exact) mass is 312 g/mol. The first kappa shape index (κ1) is 15.5. The van der Waals surface area contributed by atoms with Gasteiger partial charge in [-0.05, 0) is 37.1 Å². The van der Waals surface area contributed by atoms with Crippen LogP contribution < -0.4 is 10.1 Å². The van der Waals surface area contributed by atoms with E-state index in [4.69, 9.17) is 4.74 Å². The average Bonchev–Trinajstić information content (AvgIpc) is 2.94. The van der Waals surface area contributed by atoms with Crippen LogP contribution in [0.3, 0.4) is 0 Å². The first-order chi connectivity index (χ1) is 11.1. The molecule has 0 atom stereocenters. The third-order valence-corrected chi connectivity index (χ3v) is 4.03. The molecule has 5 nitrogen and oxygen atoms in total. The minimum atomic E-state index is -0.838. The molecule has 1 fully saturated rings. The van der Waals surface area contributed by atoms with Gasteiger partial charge in [-0.2, -0.15) is 0 Å². The van der Waals surface area contributed by atoms with Gasteiger partial charge >= 0.3 is 0 Å². The molecule has 1 heterocycles. The number of pyridine rings is 1. The van der Waals surface area contributed by atoms with Crippen LogP contribution >= 0.6 is 0 Å². The van der Waals surface area contributed by atoms with Gasteiger partial charge in [0.05, 0.1) is 12.0 Å². The molecular formula is C18H20N2O3. The summed E-state index contributed by atoms with van der Waals surface area (Å²) < 4.78 is 5.71. The van der Waals surface area contributed by atoms with Crippen LogP contribution in [0.1, 0.15) is 32.1 Å². The van der Waals surface area contributed by atoms with Crippen LogP contribution in [-0.2, 0) is 4.79 Å². The summed E-state index contributed by atoms with van der Waals surface area (Å²) >= 11 is 0. The summed E-state index contributed by atoms with van der Waals surface area (Å²) in [6.45, 7) is 0. The molecule has 1 saturated carbocycles. The lowest BCUT2D eigenvalue weighted by molar-refractivity contribution is -0.120. The van der Waals surface area contributed by atoms with E-state index in [0.29, 0.717) is 30.0 Å². The van der Waals surface area contributed by atoms with E-state index < -0.39 is 5.60 Å². The standard InChI is InChI=1S/C18H20N2O3/c21-17(13-18(22)8-1-2-9-18)20-14-4-3-5-16(12-14)23-15-6-10-19-11-7-15/h3-7,10-12,22H,1-2,8-9,13H2,(H,20,21). The van der Waals surface area contributed by atoms with E-state index in [1.54, 1.807) is 36.7 Å². The number of hydrogen-bond acceptors (Lipinski definition) is 4. The summed E-state index contributed by atoms with van der Waals surface area (Å²) in [5, 5.41) is 13.1. The summed E-state index contributed by atoms with van der Waals surface area (Å²) in [5.41, 5.74) is -0.182. The third kappa shape index (κ3) is 4.29. The molecule has 0 spiro atoms. The third-order valence-electron chi connectivity index (χ3n) is 4.03. The van der Waals surface area contributed by atoms with Crippen molar-refractivity contribution >= 4 is 11.6 Å². The molecule has 23 heavy (non-hydrogen) atoms. The number of rotatable bonds is 5. The highest BCUT2D eigenvalue weighted by atomic mass is 16.5. The number of nitrogens with one attached hydrogen (secondary N) is 1. The van der Waals surface area contributed by atoms with Crippen molar-refractivity contribution in [3.63, 3.8) is 0 Å². The fourth-order valence-corrected chi connectivity index (χ4v) is 2.89. The van der Waals surface area contributed by atoms with Gasteiger partial charge in [0.1, 0.15) is 11.5 Å². The molecule has 5 heteroatoms. The van der Waals surface area contributed by atoms with E-state index in [0.717, 1.165) is 12.8 Å². The van der Waals surface area contributed by atoms with Crippen LogP contribution in [-0.4, -0.2) is 21.6 Å². The molecule has 3 rings (SSSR count). The van der Waals surface area contributed by atoms with Crippen molar-refractivity contribution in [1.29, 1.82) is 0 Å². The van der Waals surface area contributed by atoms with E-state index in [1.165, 1.54) is 0 Å². The fourth-order valence-electron chi connectivity index (χ4n) is 2.89. The van der Waals surface area contributed by atoms with Crippen molar-refractivity contribution in [2.24, 2.45) is 0 Å². The maximum absolute atomic E-state index is 12.1. The lowest BCUT2D eigenvalue weighted by Gasteiger charge is -2.21. The second-order valence-electron chi connectivity index (χ2n) is 5.97. The van der Waals surface area contributed by atoms with Crippen molar-refractivity contribution in [3.8, 4) is 11.5 Å². The smallest absolute Gasteiger partial charge is 0.227 e. The van der Waals surface area contributed by atoms with Crippen LogP contribution in [0.2, 0.25) is 0 Å². The second kappa shape index (κ2) is 6.79. The number of amides is 1. The molecule has 2 aromatic rings. The summed E-state index contributed by atoms with van der Waals surface area (Å²) in [5.74, 6) is 1.15. The number of nitrogens with zero attached hydrogens (tertiary/aromatic N) is 1. The van der Waals surface area contributed by atoms with Gasteiger partial charge in [-0.3, -0.25) is 9.78 Å². The lowest BCUT2D eigenvalue weighted by Crippen LogP contribution is -2.30. The Hall–Kier alpha value is -2.40. The average molecular weight is 312 g/mol. The zero-order valence-electron chi connectivity index (χ0n) is 12.9. The van der Waals surface area contributed by atoms with Crippen LogP contribution in [0.25, 0.3) is 0 Å². The van der Waals surface area contributed by atoms with Gasteiger partial charge in [0.25, 0.3) is 0 Å². The highest BCUT2D eigenvalue weighted by Crippen LogP contribution is 2.32. The fraction of sp³-hybridized carbons (Fsp3) is 0.333. The van der Waals surface area contributed by atoms with Crippen molar-refractivity contribution in [3.05, 3.63) is 48.8 Å². The molecule has 1 aliphatic carbocycles. The van der Waals surface area contributed by atoms with Gasteiger partial charge in [0.2, 0.25) is 5.91 Å². The summed E-state index contributed by atoms with van der Waals surface area (Å²) in [6.07, 6.45) is 6.82. The summed E-state index contributed by atoms with van der Waals surface area (Å²) in [6, 6.07) is 10.7. The van der Waals surface area contributed by atoms with Crippen LogP contribution in [0.4, 0.5) is 5.69 Å². The van der Waals surface area contributed by atoms with Gasteiger partial charge in [0.15, 0.2) is 0 Å². The number of benzene rings is 1. The largest absolute Gasteiger partial charge is 0.457 e. The Morgan fingerprint density at radius 2 is 1.91 bits per heavy atom. The van der Waals surface area contributed by atoms with Crippen LogP contribution in [0, 0.1) is 0 Å². The summed E-state index contributed by atoms with van der Waals surface area (Å²) in [4.78, 5) is 16.1. The van der Waals surface area contributed by atoms with Gasteiger partial charge in [-0.1, -0.05) is 18.9 Å². The Kier molecular flexibility index (Phi) is 4.57. The molecule has 1 aromatic carbocycles. The number of carbonyl (C=O) groups is 1. The van der Waals surface area contributed by atoms with E-state index in [-0.39, 0.29) is 12.3 Å². The van der Waals surface area contributed by atoms with Gasteiger partial charge in [-0.15, -0.1) is 0 Å². The van der Waals surface area contributed by atoms with Crippen LogP contribution in [0.5, 0.6) is 11.5 Å². The normalized spacial score (nSPS) is 16.0. The topological polar surface area (TPSA) is 71.5 Å². The SMILES string of the molecule is O=C(CC1(O)CCCC1)Nc1cccc(Oc2ccncc2)c1. The van der Waals surface area contributed by atoms with Crippen molar-refractivity contribution < 1.29 is 14.6 Å². The second-order valence-corrected chi connectivity index (χ2v) is 5.97. The molecule has 2 N–H and O–H groups in total. The maximum Gasteiger partial charge on any atom is 0.227 e. The Balaban J connectivity index is 1.62. The highest BCUT2D eigenvalue weighted by Gasteiger charge is 2.33. The molecule has 0 unspecified atom stereocenters. The van der Waals surface area contributed by atoms with Crippen molar-refractivity contribution in [2.45, 2.75) is 37.7 Å². The number of aliphatic hydroxyl groups is 1. The van der Waals surface area contributed by atoms with Crippen molar-refractivity contribution in [2.75, 3.05) is 5.32 Å². The first-order valence-electron chi connectivity index (χ1n) is 7.83. The predicted octanol–water partition coefficient (Wildman–Crippen LogP) is 3.51. The molecule has 0 bridgehead atoms. The van der Waals surface area contributed by atoms with E-state index in [1.807, 2.05) is 12.1 Å². The molecule has 0 saturated heterocycles. The molecule has 1 aliphatic rings. The number of carbonyl (C=O) groups excluding carboxylic acids is 1. The highest BCUT2D eigenvalue weighted by molar-refractivity contribution is 5.91. The predicted molar refractivity (Wildman–Crippen MR) is 87.4 cm³/mol. The molecule has 120 valence electrons. The molecule has 1 aromatic heterocycles. The Morgan fingerprint density at radius 1 is 1.17 bits per heavy atom. The minimum absolute atomic E-state index is 0.141. The quantitative estimate of drug-likeness (QED) is 0.886. The van der Waals surface area contributed by atoms with Crippen molar-refractivity contribution in [1.82, 2.24) is 4.98 Å². The Morgan fingerprint density at radius 3 is 2.65 bits per heavy atom. The minimum Gasteiger partial charge on any atom is -0.457 e. The number of anilines is 1. The first-order valence-corrected chi connectivity index (χ1v) is 7.83. The van der Waals surface area contributed by atoms with E-state index in [9.17, 15) is 9.90 Å². The van der Waals surface area contributed by atoms with Crippen LogP contribution in [0.15, 0.2) is 48.8 Å². The molecule has 0 radical (unpaired) electrons. The molecule has 1 amide bonds. The number of ether oxygens (including phenoxy) is 1. The van der Waals surface area contributed by atoms with E-state index in [2.05, 4.69) is 10.3 Å². The number of aromatic nitrogens is 1. The zero-order valence-corrected chi connectivity index (χ0v) is 12.9. The zero-order chi connectivity index (χ0) is 16.1. The van der Waals surface area contributed by atoms with Gasteiger partial charge in [0, 0.05) is 24.1 Å². The van der Waals surface area contributed by atoms with E-state index >= 15 is 0 Å². The Labute approximate surface area is 135 Å². The maximum atomic E-state index is 12.1. The van der Waals surface area contributed by atoms with Gasteiger partial charge < -0.3 is 15.2 Å².